The van der Waals surface area contributed by atoms with Gasteiger partial charge < -0.3 is 14.4 Å². The highest BCUT2D eigenvalue weighted by Crippen LogP contribution is 2.36. The highest BCUT2D eigenvalue weighted by atomic mass is 79.9. The Kier molecular flexibility index (Phi) is 6.28. The molecule has 8 heteroatoms. The lowest BCUT2D eigenvalue weighted by Gasteiger charge is -2.23. The Morgan fingerprint density at radius 3 is 2.18 bits per heavy atom. The van der Waals surface area contributed by atoms with Crippen molar-refractivity contribution in [3.8, 4) is 11.5 Å². The molecular formula is C14H15BrF3NO3. The smallest absolute Gasteiger partial charge is 0.406 e. The van der Waals surface area contributed by atoms with Gasteiger partial charge in [-0.3, -0.25) is 4.79 Å². The molecule has 0 saturated heterocycles. The van der Waals surface area contributed by atoms with E-state index in [0.29, 0.717) is 9.37 Å². The highest BCUT2D eigenvalue weighted by Gasteiger charge is 2.33. The summed E-state index contributed by atoms with van der Waals surface area (Å²) in [6.07, 6.45) is -3.26. The predicted octanol–water partition coefficient (Wildman–Crippen LogP) is 3.66. The fourth-order valence-electron chi connectivity index (χ4n) is 1.77. The van der Waals surface area contributed by atoms with Crippen LogP contribution in [0.3, 0.4) is 0 Å². The van der Waals surface area contributed by atoms with Crippen molar-refractivity contribution in [1.82, 2.24) is 4.90 Å². The first kappa shape index (κ1) is 18.3. The second-order valence-electron chi connectivity index (χ2n) is 4.28. The van der Waals surface area contributed by atoms with Gasteiger partial charge in [0.25, 0.3) is 5.91 Å². The molecule has 0 bridgehead atoms. The summed E-state index contributed by atoms with van der Waals surface area (Å²) in [5.41, 5.74) is 0.0306. The minimum absolute atomic E-state index is 0.0306. The van der Waals surface area contributed by atoms with Gasteiger partial charge in [-0.2, -0.15) is 13.2 Å². The number of methoxy groups -OCH3 is 2. The van der Waals surface area contributed by atoms with Crippen molar-refractivity contribution in [3.63, 3.8) is 0 Å². The third-order valence-electron chi connectivity index (χ3n) is 2.70. The third-order valence-corrected chi connectivity index (χ3v) is 3.48. The van der Waals surface area contributed by atoms with Gasteiger partial charge in [-0.1, -0.05) is 6.08 Å². The Hall–Kier alpha value is -1.70. The zero-order valence-electron chi connectivity index (χ0n) is 12.0. The molecule has 4 nitrogen and oxygen atoms in total. The largest absolute Gasteiger partial charge is 0.495 e. The summed E-state index contributed by atoms with van der Waals surface area (Å²) < 4.78 is 48.4. The second-order valence-corrected chi connectivity index (χ2v) is 5.08. The van der Waals surface area contributed by atoms with Crippen molar-refractivity contribution in [3.05, 3.63) is 34.8 Å². The summed E-state index contributed by atoms with van der Waals surface area (Å²) in [5, 5.41) is 0. The number of amides is 1. The van der Waals surface area contributed by atoms with Crippen LogP contribution in [0.15, 0.2) is 29.3 Å². The van der Waals surface area contributed by atoms with Gasteiger partial charge in [-0.15, -0.1) is 6.58 Å². The summed E-state index contributed by atoms with van der Waals surface area (Å²) in [6.45, 7) is 1.78. The number of halogens is 4. The number of hydrogen-bond acceptors (Lipinski definition) is 3. The van der Waals surface area contributed by atoms with Gasteiger partial charge in [0.1, 0.15) is 22.5 Å². The van der Waals surface area contributed by atoms with E-state index in [0.717, 1.165) is 0 Å². The van der Waals surface area contributed by atoms with Gasteiger partial charge >= 0.3 is 6.18 Å². The van der Waals surface area contributed by atoms with E-state index >= 15 is 0 Å². The summed E-state index contributed by atoms with van der Waals surface area (Å²) in [4.78, 5) is 13.0. The molecule has 0 aliphatic carbocycles. The van der Waals surface area contributed by atoms with Gasteiger partial charge in [-0.25, -0.2) is 0 Å². The molecule has 0 heterocycles. The maximum atomic E-state index is 12.6. The quantitative estimate of drug-likeness (QED) is 0.705. The topological polar surface area (TPSA) is 38.8 Å². The number of alkyl halides is 3. The van der Waals surface area contributed by atoms with Crippen LogP contribution in [0.5, 0.6) is 11.5 Å². The van der Waals surface area contributed by atoms with E-state index in [9.17, 15) is 18.0 Å². The average molecular weight is 382 g/mol. The Labute approximate surface area is 134 Å². The van der Waals surface area contributed by atoms with Crippen LogP contribution in [-0.2, 0) is 0 Å². The van der Waals surface area contributed by atoms with Crippen LogP contribution in [0.1, 0.15) is 10.4 Å². The van der Waals surface area contributed by atoms with Crippen LogP contribution in [0, 0.1) is 0 Å². The number of hydrogen-bond donors (Lipinski definition) is 0. The normalized spacial score (nSPS) is 11.0. The van der Waals surface area contributed by atoms with Crippen molar-refractivity contribution in [2.75, 3.05) is 27.3 Å². The number of benzene rings is 1. The molecule has 0 aromatic heterocycles. The number of ether oxygens (including phenoxy) is 2. The van der Waals surface area contributed by atoms with Crippen LogP contribution in [0.2, 0.25) is 0 Å². The van der Waals surface area contributed by atoms with E-state index in [-0.39, 0.29) is 23.6 Å². The Morgan fingerprint density at radius 1 is 1.32 bits per heavy atom. The van der Waals surface area contributed by atoms with Crippen molar-refractivity contribution >= 4 is 21.8 Å². The first-order chi connectivity index (χ1) is 10.2. The van der Waals surface area contributed by atoms with E-state index in [1.165, 1.54) is 32.4 Å². The van der Waals surface area contributed by atoms with E-state index in [1.54, 1.807) is 0 Å². The zero-order chi connectivity index (χ0) is 16.9. The van der Waals surface area contributed by atoms with Crippen LogP contribution in [0.4, 0.5) is 13.2 Å². The SMILES string of the molecule is C=CCN(CC(F)(F)F)C(=O)c1cc(OC)c(Br)c(OC)c1. The van der Waals surface area contributed by atoms with Crippen molar-refractivity contribution in [2.45, 2.75) is 6.18 Å². The van der Waals surface area contributed by atoms with Crippen molar-refractivity contribution in [2.24, 2.45) is 0 Å². The Balaban J connectivity index is 3.20. The molecule has 0 aliphatic heterocycles. The lowest BCUT2D eigenvalue weighted by molar-refractivity contribution is -0.139. The monoisotopic (exact) mass is 381 g/mol. The van der Waals surface area contributed by atoms with Crippen LogP contribution in [0.25, 0.3) is 0 Å². The molecule has 1 amide bonds. The van der Waals surface area contributed by atoms with Gasteiger partial charge in [-0.05, 0) is 28.1 Å². The van der Waals surface area contributed by atoms with Crippen molar-refractivity contribution < 1.29 is 27.4 Å². The minimum Gasteiger partial charge on any atom is -0.495 e. The maximum absolute atomic E-state index is 12.6. The lowest BCUT2D eigenvalue weighted by Crippen LogP contribution is -2.39. The first-order valence-electron chi connectivity index (χ1n) is 6.12. The zero-order valence-corrected chi connectivity index (χ0v) is 13.6. The molecule has 1 aromatic rings. The molecule has 0 saturated carbocycles. The maximum Gasteiger partial charge on any atom is 0.406 e. The fourth-order valence-corrected chi connectivity index (χ4v) is 2.32. The fraction of sp³-hybridized carbons (Fsp3) is 0.357. The van der Waals surface area contributed by atoms with Crippen LogP contribution < -0.4 is 9.47 Å². The molecule has 122 valence electrons. The summed E-state index contributed by atoms with van der Waals surface area (Å²) in [6, 6.07) is 2.70. The highest BCUT2D eigenvalue weighted by molar-refractivity contribution is 9.10. The summed E-state index contributed by atoms with van der Waals surface area (Å²) in [5.74, 6) is -0.220. The van der Waals surface area contributed by atoms with Gasteiger partial charge in [0, 0.05) is 12.1 Å². The molecule has 0 unspecified atom stereocenters. The Morgan fingerprint density at radius 2 is 1.82 bits per heavy atom. The van der Waals surface area contributed by atoms with Crippen molar-refractivity contribution in [1.29, 1.82) is 0 Å². The van der Waals surface area contributed by atoms with Gasteiger partial charge in [0.2, 0.25) is 0 Å². The van der Waals surface area contributed by atoms with Gasteiger partial charge in [0.05, 0.1) is 14.2 Å². The van der Waals surface area contributed by atoms with E-state index in [1.807, 2.05) is 0 Å². The molecule has 22 heavy (non-hydrogen) atoms. The predicted molar refractivity (Wildman–Crippen MR) is 79.4 cm³/mol. The lowest BCUT2D eigenvalue weighted by atomic mass is 10.1. The number of carbonyl (C=O) groups is 1. The molecule has 0 N–H and O–H groups in total. The van der Waals surface area contributed by atoms with E-state index < -0.39 is 18.6 Å². The number of carbonyl (C=O) groups excluding carboxylic acids is 1. The Bertz CT molecular complexity index is 536. The molecule has 0 atom stereocenters. The third kappa shape index (κ3) is 4.66. The number of rotatable bonds is 6. The van der Waals surface area contributed by atoms with Gasteiger partial charge in [0.15, 0.2) is 0 Å². The molecule has 0 radical (unpaired) electrons. The standard InChI is InChI=1S/C14H15BrF3NO3/c1-4-5-19(8-14(16,17)18)13(20)9-6-10(21-2)12(15)11(7-9)22-3/h4,6-7H,1,5,8H2,2-3H3. The van der Waals surface area contributed by atoms with Crippen LogP contribution >= 0.6 is 15.9 Å². The summed E-state index contributed by atoms with van der Waals surface area (Å²) >= 11 is 3.23. The molecule has 1 aromatic carbocycles. The molecular weight excluding hydrogens is 367 g/mol. The molecule has 0 spiro atoms. The average Bonchev–Trinajstić information content (AvgIpc) is 2.45. The number of nitrogens with zero attached hydrogens (tertiary/aromatic N) is 1. The van der Waals surface area contributed by atoms with E-state index in [4.69, 9.17) is 9.47 Å². The summed E-state index contributed by atoms with van der Waals surface area (Å²) in [7, 11) is 2.76. The molecule has 1 rings (SSSR count). The minimum atomic E-state index is -4.50. The first-order valence-corrected chi connectivity index (χ1v) is 6.91. The van der Waals surface area contributed by atoms with E-state index in [2.05, 4.69) is 22.5 Å². The van der Waals surface area contributed by atoms with Crippen LogP contribution in [-0.4, -0.2) is 44.3 Å². The molecule has 0 fully saturated rings. The second kappa shape index (κ2) is 7.53. The molecule has 0 aliphatic rings.